The summed E-state index contributed by atoms with van der Waals surface area (Å²) in [6.07, 6.45) is 0. The van der Waals surface area contributed by atoms with Crippen LogP contribution in [-0.2, 0) is 0 Å². The van der Waals surface area contributed by atoms with Crippen LogP contribution in [0, 0.1) is 10.1 Å². The lowest BCUT2D eigenvalue weighted by Crippen LogP contribution is -1.94. The van der Waals surface area contributed by atoms with Gasteiger partial charge in [0.15, 0.2) is 0 Å². The van der Waals surface area contributed by atoms with Crippen LogP contribution in [0.25, 0.3) is 0 Å². The quantitative estimate of drug-likeness (QED) is 0.566. The molecule has 0 fully saturated rings. The maximum Gasteiger partial charge on any atom is 0.329 e. The number of nitro benzene ring substituents is 1. The van der Waals surface area contributed by atoms with Gasteiger partial charge in [-0.25, -0.2) is 0 Å². The Morgan fingerprint density at radius 2 is 1.74 bits per heavy atom. The Bertz CT molecular complexity index is 646. The summed E-state index contributed by atoms with van der Waals surface area (Å²) in [4.78, 5) is 10.3. The molecule has 0 heterocycles. The highest BCUT2D eigenvalue weighted by molar-refractivity contribution is 6.42. The average Bonchev–Trinajstić information content (AvgIpc) is 2.33. The monoisotopic (exact) mass is 317 g/mol. The number of nitrogens with zero attached hydrogens (tertiary/aromatic N) is 1. The fourth-order valence-corrected chi connectivity index (χ4v) is 1.95. The van der Waals surface area contributed by atoms with Crippen molar-refractivity contribution >= 4 is 40.5 Å². The van der Waals surface area contributed by atoms with Gasteiger partial charge in [0.05, 0.1) is 15.0 Å². The molecule has 0 aliphatic heterocycles. The molecule has 0 aromatic heterocycles. The Balaban J connectivity index is 2.40. The predicted molar refractivity (Wildman–Crippen MR) is 74.6 cm³/mol. The van der Waals surface area contributed by atoms with Crippen LogP contribution in [0.2, 0.25) is 15.1 Å². The molecule has 2 aromatic rings. The fourth-order valence-electron chi connectivity index (χ4n) is 1.42. The van der Waals surface area contributed by atoms with Crippen LogP contribution < -0.4 is 4.74 Å². The topological polar surface area (TPSA) is 52.4 Å². The van der Waals surface area contributed by atoms with E-state index in [1.54, 1.807) is 12.1 Å². The molecule has 0 aliphatic rings. The molecule has 4 nitrogen and oxygen atoms in total. The van der Waals surface area contributed by atoms with Crippen LogP contribution in [-0.4, -0.2) is 4.92 Å². The third kappa shape index (κ3) is 3.10. The first-order chi connectivity index (χ1) is 8.99. The van der Waals surface area contributed by atoms with Crippen molar-refractivity contribution < 1.29 is 9.66 Å². The van der Waals surface area contributed by atoms with Gasteiger partial charge in [-0.2, -0.15) is 0 Å². The minimum atomic E-state index is -0.602. The Hall–Kier alpha value is -1.49. The van der Waals surface area contributed by atoms with Crippen molar-refractivity contribution in [3.8, 4) is 11.5 Å². The van der Waals surface area contributed by atoms with Crippen LogP contribution in [0.5, 0.6) is 11.5 Å². The van der Waals surface area contributed by atoms with Gasteiger partial charge in [-0.1, -0.05) is 40.9 Å². The first-order valence-electron chi connectivity index (χ1n) is 5.05. The van der Waals surface area contributed by atoms with Crippen LogP contribution in [0.1, 0.15) is 0 Å². The van der Waals surface area contributed by atoms with Crippen molar-refractivity contribution in [3.05, 3.63) is 61.6 Å². The van der Waals surface area contributed by atoms with Crippen molar-refractivity contribution in [2.45, 2.75) is 0 Å². The maximum absolute atomic E-state index is 10.9. The molecule has 0 spiro atoms. The number of rotatable bonds is 3. The first kappa shape index (κ1) is 13.9. The van der Waals surface area contributed by atoms with E-state index >= 15 is 0 Å². The molecule has 0 amide bonds. The average molecular weight is 319 g/mol. The highest BCUT2D eigenvalue weighted by Crippen LogP contribution is 2.38. The van der Waals surface area contributed by atoms with Gasteiger partial charge < -0.3 is 4.74 Å². The summed E-state index contributed by atoms with van der Waals surface area (Å²) in [6.45, 7) is 0. The highest BCUT2D eigenvalue weighted by atomic mass is 35.5. The fraction of sp³-hybridized carbons (Fsp3) is 0. The molecule has 0 N–H and O–H groups in total. The van der Waals surface area contributed by atoms with E-state index in [1.165, 1.54) is 24.3 Å². The molecule has 0 bridgehead atoms. The van der Waals surface area contributed by atoms with Crippen LogP contribution in [0.15, 0.2) is 36.4 Å². The minimum absolute atomic E-state index is 0.00237. The minimum Gasteiger partial charge on any atom is -0.450 e. The molecule has 2 rings (SSSR count). The second-order valence-corrected chi connectivity index (χ2v) is 4.74. The van der Waals surface area contributed by atoms with E-state index in [4.69, 9.17) is 39.5 Å². The van der Waals surface area contributed by atoms with Gasteiger partial charge in [0, 0.05) is 6.07 Å². The van der Waals surface area contributed by atoms with Crippen molar-refractivity contribution in [2.24, 2.45) is 0 Å². The number of para-hydroxylation sites is 1. The SMILES string of the molecule is O=[N+]([O-])c1c(Cl)cccc1Oc1ccc(Cl)c(Cl)c1. The molecule has 0 saturated carbocycles. The van der Waals surface area contributed by atoms with E-state index in [0.29, 0.717) is 15.8 Å². The van der Waals surface area contributed by atoms with Crippen LogP contribution in [0.3, 0.4) is 0 Å². The summed E-state index contributed by atoms with van der Waals surface area (Å²) in [5, 5.41) is 11.6. The van der Waals surface area contributed by atoms with Gasteiger partial charge in [-0.15, -0.1) is 0 Å². The summed E-state index contributed by atoms with van der Waals surface area (Å²) in [5.41, 5.74) is -0.296. The smallest absolute Gasteiger partial charge is 0.329 e. The second-order valence-electron chi connectivity index (χ2n) is 3.52. The number of nitro groups is 1. The van der Waals surface area contributed by atoms with Crippen molar-refractivity contribution in [2.75, 3.05) is 0 Å². The molecule has 98 valence electrons. The summed E-state index contributed by atoms with van der Waals surface area (Å²) >= 11 is 17.4. The van der Waals surface area contributed by atoms with E-state index in [1.807, 2.05) is 0 Å². The summed E-state index contributed by atoms with van der Waals surface area (Å²) in [5.74, 6) is 0.371. The summed E-state index contributed by atoms with van der Waals surface area (Å²) in [6, 6.07) is 8.99. The van der Waals surface area contributed by atoms with Crippen LogP contribution >= 0.6 is 34.8 Å². The molecule has 0 aliphatic carbocycles. The predicted octanol–water partition coefficient (Wildman–Crippen LogP) is 5.35. The van der Waals surface area contributed by atoms with Crippen molar-refractivity contribution in [3.63, 3.8) is 0 Å². The van der Waals surface area contributed by atoms with Gasteiger partial charge in [0.25, 0.3) is 0 Å². The maximum atomic E-state index is 10.9. The van der Waals surface area contributed by atoms with Gasteiger partial charge in [0.2, 0.25) is 5.75 Å². The Morgan fingerprint density at radius 3 is 2.37 bits per heavy atom. The van der Waals surface area contributed by atoms with E-state index in [9.17, 15) is 10.1 Å². The molecular formula is C12H6Cl3NO3. The lowest BCUT2D eigenvalue weighted by Gasteiger charge is -2.07. The van der Waals surface area contributed by atoms with E-state index < -0.39 is 4.92 Å². The van der Waals surface area contributed by atoms with Gasteiger partial charge in [-0.3, -0.25) is 10.1 Å². The third-order valence-electron chi connectivity index (χ3n) is 2.25. The lowest BCUT2D eigenvalue weighted by atomic mass is 10.3. The summed E-state index contributed by atoms with van der Waals surface area (Å²) in [7, 11) is 0. The molecular weight excluding hydrogens is 312 g/mol. The molecule has 7 heteroatoms. The van der Waals surface area contributed by atoms with E-state index in [2.05, 4.69) is 0 Å². The summed E-state index contributed by atoms with van der Waals surface area (Å²) < 4.78 is 5.42. The standard InChI is InChI=1S/C12H6Cl3NO3/c13-8-5-4-7(6-10(8)15)19-11-3-1-2-9(14)12(11)16(17)18/h1-6H. The van der Waals surface area contributed by atoms with Crippen molar-refractivity contribution in [1.82, 2.24) is 0 Å². The van der Waals surface area contributed by atoms with E-state index in [-0.39, 0.29) is 16.5 Å². The largest absolute Gasteiger partial charge is 0.450 e. The number of hydrogen-bond donors (Lipinski definition) is 0. The number of ether oxygens (including phenoxy) is 1. The zero-order chi connectivity index (χ0) is 14.0. The number of halogens is 3. The first-order valence-corrected chi connectivity index (χ1v) is 6.18. The van der Waals surface area contributed by atoms with Gasteiger partial charge in [-0.05, 0) is 24.3 Å². The Labute approximate surface area is 123 Å². The zero-order valence-electron chi connectivity index (χ0n) is 9.27. The second kappa shape index (κ2) is 5.65. The van der Waals surface area contributed by atoms with Crippen LogP contribution in [0.4, 0.5) is 5.69 Å². The molecule has 0 saturated heterocycles. The molecule has 0 atom stereocenters. The van der Waals surface area contributed by atoms with Gasteiger partial charge in [0.1, 0.15) is 10.8 Å². The Morgan fingerprint density at radius 1 is 1.00 bits per heavy atom. The molecule has 0 radical (unpaired) electrons. The Kier molecular flexibility index (Phi) is 4.14. The third-order valence-corrected chi connectivity index (χ3v) is 3.30. The lowest BCUT2D eigenvalue weighted by molar-refractivity contribution is -0.385. The van der Waals surface area contributed by atoms with Gasteiger partial charge >= 0.3 is 5.69 Å². The highest BCUT2D eigenvalue weighted by Gasteiger charge is 2.20. The van der Waals surface area contributed by atoms with Crippen molar-refractivity contribution in [1.29, 1.82) is 0 Å². The number of benzene rings is 2. The normalized spacial score (nSPS) is 10.3. The molecule has 0 unspecified atom stereocenters. The number of hydrogen-bond acceptors (Lipinski definition) is 3. The molecule has 2 aromatic carbocycles. The van der Waals surface area contributed by atoms with E-state index in [0.717, 1.165) is 0 Å². The molecule has 19 heavy (non-hydrogen) atoms. The zero-order valence-corrected chi connectivity index (χ0v) is 11.5.